The van der Waals surface area contributed by atoms with Gasteiger partial charge < -0.3 is 19.3 Å². The predicted molar refractivity (Wildman–Crippen MR) is 123 cm³/mol. The summed E-state index contributed by atoms with van der Waals surface area (Å²) in [7, 11) is 3.06. The molecule has 1 N–H and O–H groups in total. The van der Waals surface area contributed by atoms with Gasteiger partial charge in [0.2, 0.25) is 17.6 Å². The summed E-state index contributed by atoms with van der Waals surface area (Å²) in [5.74, 6) is 1.54. The molecule has 33 heavy (non-hydrogen) atoms. The van der Waals surface area contributed by atoms with Crippen molar-refractivity contribution >= 4 is 22.6 Å². The quantitative estimate of drug-likeness (QED) is 0.458. The molecule has 1 amide bonds. The molecule has 0 spiro atoms. The number of aryl methyl sites for hydroxylation is 1. The lowest BCUT2D eigenvalue weighted by Crippen LogP contribution is -2.30. The van der Waals surface area contributed by atoms with Gasteiger partial charge in [-0.25, -0.2) is 4.79 Å². The largest absolute Gasteiger partial charge is 0.497 e. The summed E-state index contributed by atoms with van der Waals surface area (Å²) in [5.41, 5.74) is 2.20. The van der Waals surface area contributed by atoms with E-state index in [2.05, 4.69) is 15.5 Å². The first-order chi connectivity index (χ1) is 15.8. The summed E-state index contributed by atoms with van der Waals surface area (Å²) < 4.78 is 18.7. The van der Waals surface area contributed by atoms with Crippen LogP contribution in [-0.4, -0.2) is 39.4 Å². The van der Waals surface area contributed by atoms with Crippen LogP contribution in [0.5, 0.6) is 11.5 Å². The number of aromatic nitrogens is 4. The van der Waals surface area contributed by atoms with Crippen molar-refractivity contribution in [3.05, 3.63) is 52.8 Å². The number of carbonyl (C=O) groups is 1. The lowest BCUT2D eigenvalue weighted by molar-refractivity contribution is -0.116. The molecule has 0 aliphatic heterocycles. The number of nitrogens with zero attached hydrogens (tertiary/aromatic N) is 4. The maximum atomic E-state index is 13.2. The van der Waals surface area contributed by atoms with Gasteiger partial charge in [-0.15, -0.1) is 0 Å². The lowest BCUT2D eigenvalue weighted by Gasteiger charge is -2.12. The summed E-state index contributed by atoms with van der Waals surface area (Å²) >= 11 is 0. The molecule has 0 saturated carbocycles. The first-order valence-electron chi connectivity index (χ1n) is 10.4. The number of fused-ring (bicyclic) bond motifs is 1. The van der Waals surface area contributed by atoms with E-state index in [1.165, 1.54) is 11.7 Å². The van der Waals surface area contributed by atoms with Gasteiger partial charge in [0.05, 0.1) is 30.9 Å². The van der Waals surface area contributed by atoms with E-state index >= 15 is 0 Å². The summed E-state index contributed by atoms with van der Waals surface area (Å²) in [6.07, 6.45) is 0. The van der Waals surface area contributed by atoms with E-state index in [-0.39, 0.29) is 24.2 Å². The maximum Gasteiger partial charge on any atom is 0.329 e. The van der Waals surface area contributed by atoms with Crippen LogP contribution in [0.25, 0.3) is 22.4 Å². The van der Waals surface area contributed by atoms with Crippen LogP contribution in [0.4, 0.5) is 5.69 Å². The van der Waals surface area contributed by atoms with Gasteiger partial charge in [0, 0.05) is 24.6 Å². The number of amides is 1. The molecule has 0 atom stereocenters. The van der Waals surface area contributed by atoms with E-state index in [9.17, 15) is 9.59 Å². The van der Waals surface area contributed by atoms with Gasteiger partial charge in [-0.3, -0.25) is 13.9 Å². The Kier molecular flexibility index (Phi) is 5.91. The molecule has 0 saturated heterocycles. The number of imidazole rings is 1. The predicted octanol–water partition coefficient (Wildman–Crippen LogP) is 3.40. The Balaban J connectivity index is 1.72. The molecule has 0 fully saturated rings. The minimum absolute atomic E-state index is 0.0933. The van der Waals surface area contributed by atoms with E-state index in [0.29, 0.717) is 45.5 Å². The van der Waals surface area contributed by atoms with Crippen molar-refractivity contribution < 1.29 is 18.8 Å². The highest BCUT2D eigenvalue weighted by atomic mass is 16.5. The van der Waals surface area contributed by atoms with E-state index in [1.807, 2.05) is 26.0 Å². The van der Waals surface area contributed by atoms with Gasteiger partial charge in [-0.05, 0) is 44.2 Å². The maximum absolute atomic E-state index is 13.2. The number of nitrogens with one attached hydrogen (secondary N) is 1. The van der Waals surface area contributed by atoms with E-state index in [0.717, 1.165) is 0 Å². The molecule has 0 bridgehead atoms. The highest BCUT2D eigenvalue weighted by Gasteiger charge is 2.20. The lowest BCUT2D eigenvalue weighted by atomic mass is 10.2. The summed E-state index contributed by atoms with van der Waals surface area (Å²) in [4.78, 5) is 30.4. The Morgan fingerprint density at radius 3 is 2.55 bits per heavy atom. The fraction of sp³-hybridized carbons (Fsp3) is 0.304. The molecular weight excluding hydrogens is 426 g/mol. The first-order valence-corrected chi connectivity index (χ1v) is 10.4. The summed E-state index contributed by atoms with van der Waals surface area (Å²) in [5, 5.41) is 6.77. The Labute approximate surface area is 189 Å². The van der Waals surface area contributed by atoms with Crippen molar-refractivity contribution in [1.29, 1.82) is 0 Å². The SMILES string of the molecule is COc1ccc(NC(=O)Cn2c(=O)n(C(C)C)c3ccc(-c4noc(C)n4)cc32)c(OC)c1. The average Bonchev–Trinajstić information content (AvgIpc) is 3.34. The van der Waals surface area contributed by atoms with Crippen LogP contribution in [0.1, 0.15) is 25.8 Å². The zero-order valence-corrected chi connectivity index (χ0v) is 19.1. The number of carbonyl (C=O) groups excluding carboxylic acids is 1. The molecule has 172 valence electrons. The van der Waals surface area contributed by atoms with Crippen LogP contribution in [-0.2, 0) is 11.3 Å². The number of anilines is 1. The molecule has 0 aliphatic carbocycles. The van der Waals surface area contributed by atoms with Crippen molar-refractivity contribution in [2.24, 2.45) is 0 Å². The summed E-state index contributed by atoms with van der Waals surface area (Å²) in [6.45, 7) is 5.37. The van der Waals surface area contributed by atoms with Crippen LogP contribution >= 0.6 is 0 Å². The first kappa shape index (κ1) is 22.1. The van der Waals surface area contributed by atoms with Crippen LogP contribution in [0.15, 0.2) is 45.7 Å². The second-order valence-corrected chi connectivity index (χ2v) is 7.79. The molecule has 2 aromatic heterocycles. The van der Waals surface area contributed by atoms with Crippen molar-refractivity contribution in [3.63, 3.8) is 0 Å². The van der Waals surface area contributed by atoms with Gasteiger partial charge in [0.1, 0.15) is 18.0 Å². The van der Waals surface area contributed by atoms with Gasteiger partial charge in [0.25, 0.3) is 0 Å². The van der Waals surface area contributed by atoms with E-state index in [1.54, 1.807) is 42.9 Å². The Morgan fingerprint density at radius 1 is 1.12 bits per heavy atom. The van der Waals surface area contributed by atoms with Crippen molar-refractivity contribution in [3.8, 4) is 22.9 Å². The standard InChI is InChI=1S/C23H25N5O5/c1-13(2)28-18-9-6-15(22-24-14(3)33-26-22)10-19(18)27(23(28)30)12-21(29)25-17-8-7-16(31-4)11-20(17)32-5/h6-11,13H,12H2,1-5H3,(H,25,29). The topological polar surface area (TPSA) is 113 Å². The molecule has 0 radical (unpaired) electrons. The van der Waals surface area contributed by atoms with Crippen molar-refractivity contribution in [1.82, 2.24) is 19.3 Å². The number of hydrogen-bond acceptors (Lipinski definition) is 7. The number of ether oxygens (including phenoxy) is 2. The van der Waals surface area contributed by atoms with Gasteiger partial charge in [-0.1, -0.05) is 5.16 Å². The number of rotatable bonds is 7. The molecule has 2 aromatic carbocycles. The molecule has 0 aliphatic rings. The second-order valence-electron chi connectivity index (χ2n) is 7.79. The molecular formula is C23H25N5O5. The van der Waals surface area contributed by atoms with Gasteiger partial charge in [-0.2, -0.15) is 4.98 Å². The Hall–Kier alpha value is -4.08. The number of hydrogen-bond donors (Lipinski definition) is 1. The minimum Gasteiger partial charge on any atom is -0.497 e. The zero-order valence-electron chi connectivity index (χ0n) is 19.1. The van der Waals surface area contributed by atoms with E-state index in [4.69, 9.17) is 14.0 Å². The molecule has 10 heteroatoms. The van der Waals surface area contributed by atoms with Crippen LogP contribution in [0.2, 0.25) is 0 Å². The highest BCUT2D eigenvalue weighted by molar-refractivity contribution is 5.93. The molecule has 10 nitrogen and oxygen atoms in total. The van der Waals surface area contributed by atoms with E-state index < -0.39 is 0 Å². The Bertz CT molecular complexity index is 1380. The zero-order chi connectivity index (χ0) is 23.7. The second kappa shape index (κ2) is 8.81. The molecule has 2 heterocycles. The number of methoxy groups -OCH3 is 2. The fourth-order valence-corrected chi connectivity index (χ4v) is 3.72. The third kappa shape index (κ3) is 4.19. The highest BCUT2D eigenvalue weighted by Crippen LogP contribution is 2.29. The fourth-order valence-electron chi connectivity index (χ4n) is 3.72. The van der Waals surface area contributed by atoms with Crippen molar-refractivity contribution in [2.45, 2.75) is 33.4 Å². The van der Waals surface area contributed by atoms with Gasteiger partial charge >= 0.3 is 5.69 Å². The monoisotopic (exact) mass is 451 g/mol. The van der Waals surface area contributed by atoms with Crippen LogP contribution in [0, 0.1) is 6.92 Å². The third-order valence-corrected chi connectivity index (χ3v) is 5.25. The van der Waals surface area contributed by atoms with Gasteiger partial charge in [0.15, 0.2) is 0 Å². The van der Waals surface area contributed by atoms with Crippen LogP contribution < -0.4 is 20.5 Å². The normalized spacial score (nSPS) is 11.2. The minimum atomic E-state index is -0.371. The summed E-state index contributed by atoms with van der Waals surface area (Å²) in [6, 6.07) is 10.4. The smallest absolute Gasteiger partial charge is 0.329 e. The number of benzene rings is 2. The molecule has 4 aromatic rings. The van der Waals surface area contributed by atoms with Crippen molar-refractivity contribution in [2.75, 3.05) is 19.5 Å². The Morgan fingerprint density at radius 2 is 1.91 bits per heavy atom. The molecule has 4 rings (SSSR count). The van der Waals surface area contributed by atoms with Crippen LogP contribution in [0.3, 0.4) is 0 Å². The molecule has 0 unspecified atom stereocenters. The average molecular weight is 451 g/mol. The third-order valence-electron chi connectivity index (χ3n) is 5.25.